The monoisotopic (exact) mass is 278 g/mol. The van der Waals surface area contributed by atoms with E-state index in [0.29, 0.717) is 11.5 Å². The van der Waals surface area contributed by atoms with Crippen LogP contribution in [0.3, 0.4) is 0 Å². The zero-order valence-corrected chi connectivity index (χ0v) is 12.4. The van der Waals surface area contributed by atoms with Gasteiger partial charge in [-0.05, 0) is 49.4 Å². The molecule has 1 aromatic carbocycles. The van der Waals surface area contributed by atoms with Gasteiger partial charge in [-0.15, -0.1) is 0 Å². The third kappa shape index (κ3) is 2.81. The van der Waals surface area contributed by atoms with Crippen molar-refractivity contribution in [2.75, 3.05) is 26.2 Å². The normalized spacial score (nSPS) is 32.0. The van der Waals surface area contributed by atoms with Crippen LogP contribution in [0.5, 0.6) is 0 Å². The molecule has 2 atom stereocenters. The number of nitrogens with zero attached hydrogens (tertiary/aromatic N) is 1. The summed E-state index contributed by atoms with van der Waals surface area (Å²) in [5, 5.41) is 4.43. The first-order valence-electron chi connectivity index (χ1n) is 7.37. The summed E-state index contributed by atoms with van der Waals surface area (Å²) in [7, 11) is 0. The van der Waals surface area contributed by atoms with E-state index in [0.717, 1.165) is 11.6 Å². The molecule has 3 heteroatoms. The molecule has 2 aliphatic heterocycles. The van der Waals surface area contributed by atoms with Crippen molar-refractivity contribution < 1.29 is 0 Å². The molecule has 0 bridgehead atoms. The Morgan fingerprint density at radius 1 is 1.42 bits per heavy atom. The van der Waals surface area contributed by atoms with E-state index in [4.69, 9.17) is 11.6 Å². The molecule has 0 amide bonds. The van der Waals surface area contributed by atoms with Gasteiger partial charge in [0.2, 0.25) is 0 Å². The highest BCUT2D eigenvalue weighted by atomic mass is 35.5. The molecule has 0 aliphatic carbocycles. The van der Waals surface area contributed by atoms with Crippen molar-refractivity contribution in [3.8, 4) is 0 Å². The lowest BCUT2D eigenvalue weighted by atomic mass is 9.88. The van der Waals surface area contributed by atoms with Crippen LogP contribution < -0.4 is 5.32 Å². The van der Waals surface area contributed by atoms with E-state index in [2.05, 4.69) is 29.3 Å². The second-order valence-electron chi connectivity index (χ2n) is 6.39. The number of benzene rings is 1. The third-order valence-corrected chi connectivity index (χ3v) is 5.01. The van der Waals surface area contributed by atoms with E-state index in [1.807, 2.05) is 12.1 Å². The lowest BCUT2D eigenvalue weighted by molar-refractivity contribution is 0.165. The van der Waals surface area contributed by atoms with E-state index in [9.17, 15) is 0 Å². The molecular formula is C16H23ClN2. The molecule has 2 saturated heterocycles. The Morgan fingerprint density at radius 2 is 2.26 bits per heavy atom. The number of likely N-dealkylation sites (tertiary alicyclic amines) is 1. The minimum atomic E-state index is 0.434. The van der Waals surface area contributed by atoms with Gasteiger partial charge in [-0.1, -0.05) is 36.7 Å². The standard InChI is InChI=1S/C16H23ClN2/c1-16(8-9-18-11-16)12-19-10-4-7-15(19)13-5-2-3-6-14(13)17/h2-3,5-6,15,18H,4,7-12H2,1H3. The maximum atomic E-state index is 6.38. The lowest BCUT2D eigenvalue weighted by Gasteiger charge is -2.33. The minimum Gasteiger partial charge on any atom is -0.316 e. The SMILES string of the molecule is CC1(CN2CCCC2c2ccccc2Cl)CCNC1. The summed E-state index contributed by atoms with van der Waals surface area (Å²) >= 11 is 6.38. The fourth-order valence-corrected chi connectivity index (χ4v) is 3.87. The van der Waals surface area contributed by atoms with Crippen molar-refractivity contribution in [2.24, 2.45) is 5.41 Å². The largest absolute Gasteiger partial charge is 0.316 e. The first kappa shape index (κ1) is 13.4. The summed E-state index contributed by atoms with van der Waals surface area (Å²) in [4.78, 5) is 2.65. The summed E-state index contributed by atoms with van der Waals surface area (Å²) in [5.74, 6) is 0. The lowest BCUT2D eigenvalue weighted by Crippen LogP contribution is -2.37. The molecule has 2 heterocycles. The molecular weight excluding hydrogens is 256 g/mol. The predicted molar refractivity (Wildman–Crippen MR) is 80.6 cm³/mol. The van der Waals surface area contributed by atoms with Gasteiger partial charge in [0.25, 0.3) is 0 Å². The van der Waals surface area contributed by atoms with Crippen molar-refractivity contribution in [3.05, 3.63) is 34.9 Å². The molecule has 2 fully saturated rings. The van der Waals surface area contributed by atoms with Gasteiger partial charge in [-0.3, -0.25) is 4.90 Å². The molecule has 1 aromatic rings. The minimum absolute atomic E-state index is 0.434. The molecule has 3 rings (SSSR count). The van der Waals surface area contributed by atoms with E-state index in [-0.39, 0.29) is 0 Å². The fraction of sp³-hybridized carbons (Fsp3) is 0.625. The maximum Gasteiger partial charge on any atom is 0.0453 e. The smallest absolute Gasteiger partial charge is 0.0453 e. The Labute approximate surface area is 121 Å². The van der Waals surface area contributed by atoms with Crippen LogP contribution in [0.4, 0.5) is 0 Å². The van der Waals surface area contributed by atoms with Crippen LogP contribution >= 0.6 is 11.6 Å². The topological polar surface area (TPSA) is 15.3 Å². The first-order valence-corrected chi connectivity index (χ1v) is 7.75. The van der Waals surface area contributed by atoms with E-state index in [1.165, 1.54) is 44.5 Å². The summed E-state index contributed by atoms with van der Waals surface area (Å²) in [5.41, 5.74) is 1.75. The second kappa shape index (κ2) is 5.43. The highest BCUT2D eigenvalue weighted by Gasteiger charge is 2.35. The molecule has 19 heavy (non-hydrogen) atoms. The second-order valence-corrected chi connectivity index (χ2v) is 6.79. The summed E-state index contributed by atoms with van der Waals surface area (Å²) < 4.78 is 0. The Hall–Kier alpha value is -0.570. The fourth-order valence-electron chi connectivity index (χ4n) is 3.61. The summed E-state index contributed by atoms with van der Waals surface area (Å²) in [6, 6.07) is 8.86. The average molecular weight is 279 g/mol. The molecule has 0 radical (unpaired) electrons. The zero-order valence-electron chi connectivity index (χ0n) is 11.7. The number of hydrogen-bond acceptors (Lipinski definition) is 2. The Bertz CT molecular complexity index is 440. The highest BCUT2D eigenvalue weighted by Crippen LogP contribution is 2.38. The van der Waals surface area contributed by atoms with Gasteiger partial charge < -0.3 is 5.32 Å². The van der Waals surface area contributed by atoms with Crippen LogP contribution in [0.15, 0.2) is 24.3 Å². The van der Waals surface area contributed by atoms with Crippen molar-refractivity contribution in [1.82, 2.24) is 10.2 Å². The van der Waals surface area contributed by atoms with Crippen molar-refractivity contribution in [1.29, 1.82) is 0 Å². The predicted octanol–water partition coefficient (Wildman–Crippen LogP) is 3.48. The molecule has 2 aliphatic rings. The molecule has 2 nitrogen and oxygen atoms in total. The average Bonchev–Trinajstić information content (AvgIpc) is 3.00. The Morgan fingerprint density at radius 3 is 3.00 bits per heavy atom. The molecule has 1 N–H and O–H groups in total. The number of rotatable bonds is 3. The molecule has 0 saturated carbocycles. The molecule has 104 valence electrons. The number of nitrogens with one attached hydrogen (secondary N) is 1. The van der Waals surface area contributed by atoms with Gasteiger partial charge in [0.1, 0.15) is 0 Å². The van der Waals surface area contributed by atoms with Crippen molar-refractivity contribution in [3.63, 3.8) is 0 Å². The van der Waals surface area contributed by atoms with Crippen LogP contribution in [-0.4, -0.2) is 31.1 Å². The van der Waals surface area contributed by atoms with Crippen LogP contribution in [0, 0.1) is 5.41 Å². The Kier molecular flexibility index (Phi) is 3.84. The van der Waals surface area contributed by atoms with Gasteiger partial charge in [0, 0.05) is 24.2 Å². The van der Waals surface area contributed by atoms with Crippen molar-refractivity contribution >= 4 is 11.6 Å². The number of halogens is 1. The number of hydrogen-bond donors (Lipinski definition) is 1. The van der Waals surface area contributed by atoms with Crippen LogP contribution in [-0.2, 0) is 0 Å². The summed E-state index contributed by atoms with van der Waals surface area (Å²) in [6.07, 6.45) is 3.82. The molecule has 0 aromatic heterocycles. The molecule has 0 spiro atoms. The quantitative estimate of drug-likeness (QED) is 0.911. The van der Waals surface area contributed by atoms with Gasteiger partial charge in [-0.2, -0.15) is 0 Å². The van der Waals surface area contributed by atoms with Crippen LogP contribution in [0.1, 0.15) is 37.8 Å². The van der Waals surface area contributed by atoms with Crippen LogP contribution in [0.25, 0.3) is 0 Å². The Balaban J connectivity index is 1.76. The van der Waals surface area contributed by atoms with Crippen molar-refractivity contribution in [2.45, 2.75) is 32.2 Å². The summed E-state index contributed by atoms with van der Waals surface area (Å²) in [6.45, 7) is 7.14. The van der Waals surface area contributed by atoms with E-state index < -0.39 is 0 Å². The van der Waals surface area contributed by atoms with E-state index >= 15 is 0 Å². The first-order chi connectivity index (χ1) is 9.18. The van der Waals surface area contributed by atoms with E-state index in [1.54, 1.807) is 0 Å². The maximum absolute atomic E-state index is 6.38. The van der Waals surface area contributed by atoms with Gasteiger partial charge in [0.15, 0.2) is 0 Å². The van der Waals surface area contributed by atoms with Gasteiger partial charge in [-0.25, -0.2) is 0 Å². The zero-order chi connectivity index (χ0) is 13.3. The van der Waals surface area contributed by atoms with Crippen LogP contribution in [0.2, 0.25) is 5.02 Å². The molecule has 2 unspecified atom stereocenters. The van der Waals surface area contributed by atoms with Gasteiger partial charge in [0.05, 0.1) is 0 Å². The highest BCUT2D eigenvalue weighted by molar-refractivity contribution is 6.31. The third-order valence-electron chi connectivity index (χ3n) is 4.67. The van der Waals surface area contributed by atoms with Gasteiger partial charge >= 0.3 is 0 Å².